The summed E-state index contributed by atoms with van der Waals surface area (Å²) in [4.78, 5) is 45.3. The predicted octanol–water partition coefficient (Wildman–Crippen LogP) is 4.91. The molecule has 0 aromatic heterocycles. The van der Waals surface area contributed by atoms with E-state index < -0.39 is 24.1 Å². The van der Waals surface area contributed by atoms with Gasteiger partial charge in [-0.25, -0.2) is 9.79 Å². The molecule has 8 nitrogen and oxygen atoms in total. The van der Waals surface area contributed by atoms with E-state index in [0.29, 0.717) is 17.0 Å². The minimum atomic E-state index is -1.34. The number of anilines is 1. The Bertz CT molecular complexity index is 1620. The smallest absolute Gasteiger partial charge is 0.409 e. The molecule has 0 spiro atoms. The van der Waals surface area contributed by atoms with Crippen molar-refractivity contribution in [2.24, 2.45) is 4.99 Å². The molecule has 1 aliphatic carbocycles. The quantitative estimate of drug-likeness (QED) is 0.348. The molecule has 204 valence electrons. The van der Waals surface area contributed by atoms with Crippen LogP contribution in [-0.4, -0.2) is 50.1 Å². The van der Waals surface area contributed by atoms with Gasteiger partial charge in [0.25, 0.3) is 5.91 Å². The monoisotopic (exact) mass is 545 g/mol. The fourth-order valence-electron chi connectivity index (χ4n) is 5.46. The first kappa shape index (κ1) is 26.0. The van der Waals surface area contributed by atoms with Gasteiger partial charge in [0.05, 0.1) is 18.5 Å². The number of carbonyl (C=O) groups excluding carboxylic acids is 3. The molecule has 0 fully saturated rings. The zero-order chi connectivity index (χ0) is 28.3. The Hall–Kier alpha value is -5.24. The van der Waals surface area contributed by atoms with Gasteiger partial charge >= 0.3 is 12.1 Å². The molecule has 1 unspecified atom stereocenters. The summed E-state index contributed by atoms with van der Waals surface area (Å²) in [6.07, 6.45) is -2.12. The minimum Gasteiger partial charge on any atom is -0.468 e. The number of para-hydroxylation sites is 1. The Morgan fingerprint density at radius 3 is 2.05 bits per heavy atom. The van der Waals surface area contributed by atoms with E-state index in [2.05, 4.69) is 17.4 Å². The fraction of sp³-hybridized carbons (Fsp3) is 0.152. The zero-order valence-corrected chi connectivity index (χ0v) is 22.3. The third-order valence-electron chi connectivity index (χ3n) is 7.37. The number of benzene rings is 4. The van der Waals surface area contributed by atoms with Crippen LogP contribution < -0.4 is 10.2 Å². The number of hydrogen-bond donors (Lipinski definition) is 1. The third-order valence-corrected chi connectivity index (χ3v) is 7.37. The average Bonchev–Trinajstić information content (AvgIpc) is 3.29. The van der Waals surface area contributed by atoms with E-state index in [1.807, 2.05) is 78.9 Å². The van der Waals surface area contributed by atoms with Crippen molar-refractivity contribution >= 4 is 29.4 Å². The lowest BCUT2D eigenvalue weighted by atomic mass is 9.98. The number of methoxy groups -OCH3 is 1. The Balaban J connectivity index is 1.29. The number of carbonyl (C=O) groups is 3. The minimum absolute atomic E-state index is 0.0854. The van der Waals surface area contributed by atoms with Crippen molar-refractivity contribution in [3.63, 3.8) is 0 Å². The van der Waals surface area contributed by atoms with E-state index >= 15 is 0 Å². The summed E-state index contributed by atoms with van der Waals surface area (Å²) < 4.78 is 10.6. The van der Waals surface area contributed by atoms with Crippen LogP contribution in [0.5, 0.6) is 0 Å². The lowest BCUT2D eigenvalue weighted by Gasteiger charge is -2.24. The van der Waals surface area contributed by atoms with Crippen LogP contribution in [0, 0.1) is 0 Å². The Labute approximate surface area is 237 Å². The van der Waals surface area contributed by atoms with Crippen molar-refractivity contribution in [2.45, 2.75) is 12.1 Å². The molecule has 0 saturated heterocycles. The number of nitrogens with one attached hydrogen (secondary N) is 1. The maximum atomic E-state index is 13.8. The number of aliphatic imine (C=N–C) groups is 1. The van der Waals surface area contributed by atoms with Crippen LogP contribution in [-0.2, 0) is 19.1 Å². The summed E-state index contributed by atoms with van der Waals surface area (Å²) in [6.45, 7) is -0.255. The Kier molecular flexibility index (Phi) is 7.04. The molecule has 6 rings (SSSR count). The number of esters is 1. The summed E-state index contributed by atoms with van der Waals surface area (Å²) in [5.74, 6) is -1.32. The van der Waals surface area contributed by atoms with Crippen LogP contribution >= 0.6 is 0 Å². The highest BCUT2D eigenvalue weighted by molar-refractivity contribution is 6.20. The standard InChI is InChI=1S/C33H27N3O5/c1-40-29(37)19-36-28-18-10-9-17-26(28)30(21-11-3-2-4-12-21)34-31(32(36)38)35-33(39)41-20-27-24-15-7-5-13-22(24)23-14-6-8-16-25(23)27/h2-18,27,31H,19-20H2,1H3,(H,35,39). The second-order valence-corrected chi connectivity index (χ2v) is 9.73. The first-order chi connectivity index (χ1) is 20.0. The fourth-order valence-corrected chi connectivity index (χ4v) is 5.46. The van der Waals surface area contributed by atoms with Crippen LogP contribution in [0.15, 0.2) is 108 Å². The number of ether oxygens (including phenoxy) is 2. The Morgan fingerprint density at radius 2 is 1.39 bits per heavy atom. The van der Waals surface area contributed by atoms with Gasteiger partial charge in [-0.1, -0.05) is 97.1 Å². The van der Waals surface area contributed by atoms with E-state index in [0.717, 1.165) is 27.8 Å². The van der Waals surface area contributed by atoms with Crippen LogP contribution in [0.4, 0.5) is 10.5 Å². The van der Waals surface area contributed by atoms with Crippen LogP contribution in [0.2, 0.25) is 0 Å². The van der Waals surface area contributed by atoms with Crippen molar-refractivity contribution < 1.29 is 23.9 Å². The summed E-state index contributed by atoms with van der Waals surface area (Å²) in [7, 11) is 1.26. The zero-order valence-electron chi connectivity index (χ0n) is 22.3. The van der Waals surface area contributed by atoms with Gasteiger partial charge in [-0.2, -0.15) is 0 Å². The summed E-state index contributed by atoms with van der Waals surface area (Å²) in [6, 6.07) is 32.7. The molecule has 1 heterocycles. The molecule has 1 aliphatic heterocycles. The highest BCUT2D eigenvalue weighted by Gasteiger charge is 2.35. The molecule has 0 bridgehead atoms. The van der Waals surface area contributed by atoms with E-state index in [9.17, 15) is 14.4 Å². The summed E-state index contributed by atoms with van der Waals surface area (Å²) in [5, 5.41) is 2.64. The molecule has 0 saturated carbocycles. The SMILES string of the molecule is COC(=O)CN1C(=O)C(NC(=O)OCC2c3ccccc3-c3ccccc32)N=C(c2ccccc2)c2ccccc21. The van der Waals surface area contributed by atoms with Gasteiger partial charge < -0.3 is 9.47 Å². The molecule has 2 aliphatic rings. The van der Waals surface area contributed by atoms with Crippen LogP contribution in [0.1, 0.15) is 28.2 Å². The summed E-state index contributed by atoms with van der Waals surface area (Å²) >= 11 is 0. The van der Waals surface area contributed by atoms with E-state index in [1.54, 1.807) is 12.1 Å². The van der Waals surface area contributed by atoms with Crippen molar-refractivity contribution in [2.75, 3.05) is 25.2 Å². The largest absolute Gasteiger partial charge is 0.468 e. The molecule has 0 radical (unpaired) electrons. The summed E-state index contributed by atoms with van der Waals surface area (Å²) in [5.41, 5.74) is 6.79. The Morgan fingerprint density at radius 1 is 0.805 bits per heavy atom. The van der Waals surface area contributed by atoms with E-state index in [1.165, 1.54) is 12.0 Å². The van der Waals surface area contributed by atoms with Crippen molar-refractivity contribution in [1.29, 1.82) is 0 Å². The number of nitrogens with zero attached hydrogens (tertiary/aromatic N) is 2. The normalized spacial score (nSPS) is 15.6. The van der Waals surface area contributed by atoms with E-state index in [4.69, 9.17) is 14.5 Å². The maximum absolute atomic E-state index is 13.8. The van der Waals surface area contributed by atoms with Gasteiger partial charge in [-0.05, 0) is 28.3 Å². The lowest BCUT2D eigenvalue weighted by Crippen LogP contribution is -2.49. The topological polar surface area (TPSA) is 97.3 Å². The average molecular weight is 546 g/mol. The first-order valence-corrected chi connectivity index (χ1v) is 13.3. The van der Waals surface area contributed by atoms with Crippen LogP contribution in [0.3, 0.4) is 0 Å². The molecule has 4 aromatic rings. The number of amides is 2. The van der Waals surface area contributed by atoms with Gasteiger partial charge in [-0.3, -0.25) is 19.8 Å². The third kappa shape index (κ3) is 4.96. The van der Waals surface area contributed by atoms with Crippen molar-refractivity contribution in [3.05, 3.63) is 125 Å². The van der Waals surface area contributed by atoms with Crippen LogP contribution in [0.25, 0.3) is 11.1 Å². The highest BCUT2D eigenvalue weighted by atomic mass is 16.5. The predicted molar refractivity (Wildman–Crippen MR) is 155 cm³/mol. The maximum Gasteiger partial charge on any atom is 0.409 e. The number of rotatable bonds is 6. The molecular formula is C33H27N3O5. The van der Waals surface area contributed by atoms with E-state index in [-0.39, 0.29) is 19.1 Å². The number of benzodiazepines with no additional fused rings is 1. The van der Waals surface area contributed by atoms with Gasteiger partial charge in [0, 0.05) is 17.0 Å². The van der Waals surface area contributed by atoms with Crippen molar-refractivity contribution in [3.8, 4) is 11.1 Å². The second-order valence-electron chi connectivity index (χ2n) is 9.73. The molecule has 2 amide bonds. The molecule has 41 heavy (non-hydrogen) atoms. The molecule has 4 aromatic carbocycles. The molecule has 8 heteroatoms. The van der Waals surface area contributed by atoms with Gasteiger partial charge in [-0.15, -0.1) is 0 Å². The number of alkyl carbamates (subject to hydrolysis) is 1. The lowest BCUT2D eigenvalue weighted by molar-refractivity contribution is -0.140. The van der Waals surface area contributed by atoms with Gasteiger partial charge in [0.15, 0.2) is 0 Å². The first-order valence-electron chi connectivity index (χ1n) is 13.3. The second kappa shape index (κ2) is 11.1. The molecular weight excluding hydrogens is 518 g/mol. The van der Waals surface area contributed by atoms with Gasteiger partial charge in [0.1, 0.15) is 13.2 Å². The number of hydrogen-bond acceptors (Lipinski definition) is 6. The van der Waals surface area contributed by atoms with Crippen molar-refractivity contribution in [1.82, 2.24) is 5.32 Å². The van der Waals surface area contributed by atoms with Gasteiger partial charge in [0.2, 0.25) is 6.17 Å². The molecule has 1 atom stereocenters. The number of fused-ring (bicyclic) bond motifs is 4. The highest BCUT2D eigenvalue weighted by Crippen LogP contribution is 2.44. The molecule has 1 N–H and O–H groups in total.